The first-order chi connectivity index (χ1) is 8.08. The zero-order chi connectivity index (χ0) is 13.1. The predicted molar refractivity (Wildman–Crippen MR) is 77.9 cm³/mol. The van der Waals surface area contributed by atoms with Crippen molar-refractivity contribution in [3.8, 4) is 0 Å². The van der Waals surface area contributed by atoms with Crippen molar-refractivity contribution < 1.29 is 4.74 Å². The van der Waals surface area contributed by atoms with E-state index in [0.717, 1.165) is 12.3 Å². The lowest BCUT2D eigenvalue weighted by atomic mass is 9.84. The molecule has 0 aromatic carbocycles. The summed E-state index contributed by atoms with van der Waals surface area (Å²) in [5.41, 5.74) is -0.0295. The molecule has 0 aromatic rings. The van der Waals surface area contributed by atoms with E-state index in [0.29, 0.717) is 5.92 Å². The van der Waals surface area contributed by atoms with Gasteiger partial charge in [-0.1, -0.05) is 45.4 Å². The molecule has 0 aliphatic rings. The van der Waals surface area contributed by atoms with E-state index in [-0.39, 0.29) is 5.60 Å². The molecule has 0 aliphatic heterocycles. The van der Waals surface area contributed by atoms with E-state index < -0.39 is 0 Å². The summed E-state index contributed by atoms with van der Waals surface area (Å²) < 4.78 is 5.59. The highest BCUT2D eigenvalue weighted by molar-refractivity contribution is 6.17. The Morgan fingerprint density at radius 2 is 1.59 bits per heavy atom. The van der Waals surface area contributed by atoms with Crippen molar-refractivity contribution in [2.45, 2.75) is 77.7 Å². The highest BCUT2D eigenvalue weighted by atomic mass is 35.5. The zero-order valence-corrected chi connectivity index (χ0v) is 13.0. The number of hydrogen-bond donors (Lipinski definition) is 0. The average molecular weight is 263 g/mol. The van der Waals surface area contributed by atoms with Crippen LogP contribution in [-0.2, 0) is 4.74 Å². The van der Waals surface area contributed by atoms with Crippen molar-refractivity contribution in [3.63, 3.8) is 0 Å². The van der Waals surface area contributed by atoms with Crippen molar-refractivity contribution in [1.29, 1.82) is 0 Å². The monoisotopic (exact) mass is 262 g/mol. The molecule has 0 heterocycles. The quantitative estimate of drug-likeness (QED) is 0.357. The number of unbranched alkanes of at least 4 members (excludes halogenated alkanes) is 5. The molecule has 0 bridgehead atoms. The van der Waals surface area contributed by atoms with Crippen molar-refractivity contribution in [2.24, 2.45) is 5.92 Å². The number of methoxy groups -OCH3 is 1. The molecule has 0 aromatic heterocycles. The van der Waals surface area contributed by atoms with Crippen LogP contribution < -0.4 is 0 Å². The normalized spacial score (nSPS) is 13.9. The van der Waals surface area contributed by atoms with Gasteiger partial charge in [0.2, 0.25) is 0 Å². The van der Waals surface area contributed by atoms with Crippen LogP contribution in [0.2, 0.25) is 0 Å². The summed E-state index contributed by atoms with van der Waals surface area (Å²) in [6, 6.07) is 0. The van der Waals surface area contributed by atoms with Crippen LogP contribution in [0.15, 0.2) is 0 Å². The average Bonchev–Trinajstić information content (AvgIpc) is 2.32. The molecule has 0 fully saturated rings. The first kappa shape index (κ1) is 17.2. The van der Waals surface area contributed by atoms with Crippen LogP contribution in [0.25, 0.3) is 0 Å². The second-order valence-corrected chi connectivity index (χ2v) is 5.92. The van der Waals surface area contributed by atoms with E-state index in [1.165, 1.54) is 44.9 Å². The number of halogens is 1. The number of rotatable bonds is 11. The maximum absolute atomic E-state index is 5.89. The minimum Gasteiger partial charge on any atom is -0.379 e. The van der Waals surface area contributed by atoms with E-state index in [1.807, 2.05) is 7.11 Å². The lowest BCUT2D eigenvalue weighted by molar-refractivity contribution is -0.0326. The fourth-order valence-corrected chi connectivity index (χ4v) is 2.57. The highest BCUT2D eigenvalue weighted by Gasteiger charge is 2.27. The Morgan fingerprint density at radius 1 is 1.00 bits per heavy atom. The van der Waals surface area contributed by atoms with E-state index >= 15 is 0 Å². The number of ether oxygens (including phenoxy) is 1. The van der Waals surface area contributed by atoms with E-state index in [2.05, 4.69) is 20.8 Å². The molecule has 104 valence electrons. The summed E-state index contributed by atoms with van der Waals surface area (Å²) in [7, 11) is 1.81. The standard InChI is InChI=1S/C15H31ClO/c1-5-6-7-8-9-10-11-14(12-13-16)15(2,3)17-4/h14H,5-13H2,1-4H3. The Morgan fingerprint density at radius 3 is 2.12 bits per heavy atom. The Hall–Kier alpha value is 0.250. The van der Waals surface area contributed by atoms with Crippen molar-refractivity contribution in [2.75, 3.05) is 13.0 Å². The maximum atomic E-state index is 5.89. The maximum Gasteiger partial charge on any atom is 0.0651 e. The van der Waals surface area contributed by atoms with Gasteiger partial charge in [-0.05, 0) is 32.6 Å². The molecule has 1 unspecified atom stereocenters. The summed E-state index contributed by atoms with van der Waals surface area (Å²) in [6.45, 7) is 6.63. The Balaban J connectivity index is 3.78. The topological polar surface area (TPSA) is 9.23 Å². The Labute approximate surface area is 113 Å². The molecule has 0 rings (SSSR count). The van der Waals surface area contributed by atoms with E-state index in [1.54, 1.807) is 0 Å². The van der Waals surface area contributed by atoms with Gasteiger partial charge < -0.3 is 4.74 Å². The third kappa shape index (κ3) is 8.05. The second-order valence-electron chi connectivity index (χ2n) is 5.54. The van der Waals surface area contributed by atoms with E-state index in [4.69, 9.17) is 16.3 Å². The molecular weight excluding hydrogens is 232 g/mol. The Kier molecular flexibility index (Phi) is 10.3. The molecule has 0 spiro atoms. The number of hydrogen-bond acceptors (Lipinski definition) is 1. The predicted octanol–water partition coefficient (Wildman–Crippen LogP) is 5.41. The summed E-state index contributed by atoms with van der Waals surface area (Å²) in [5, 5.41) is 0. The SMILES string of the molecule is CCCCCCCCC(CCCl)C(C)(C)OC. The van der Waals surface area contributed by atoms with Gasteiger partial charge in [0.15, 0.2) is 0 Å². The molecule has 0 radical (unpaired) electrons. The molecular formula is C15H31ClO. The third-order valence-electron chi connectivity index (χ3n) is 3.87. The zero-order valence-electron chi connectivity index (χ0n) is 12.2. The van der Waals surface area contributed by atoms with Gasteiger partial charge in [0.1, 0.15) is 0 Å². The van der Waals surface area contributed by atoms with Crippen molar-refractivity contribution >= 4 is 11.6 Å². The van der Waals surface area contributed by atoms with E-state index in [9.17, 15) is 0 Å². The van der Waals surface area contributed by atoms with Gasteiger partial charge in [0.05, 0.1) is 5.60 Å². The molecule has 0 saturated carbocycles. The second kappa shape index (κ2) is 10.2. The summed E-state index contributed by atoms with van der Waals surface area (Å²) in [6.07, 6.45) is 10.5. The third-order valence-corrected chi connectivity index (χ3v) is 4.09. The number of alkyl halides is 1. The molecule has 17 heavy (non-hydrogen) atoms. The summed E-state index contributed by atoms with van der Waals surface area (Å²) in [4.78, 5) is 0. The first-order valence-electron chi connectivity index (χ1n) is 7.19. The van der Waals surface area contributed by atoms with Crippen molar-refractivity contribution in [3.05, 3.63) is 0 Å². The molecule has 1 atom stereocenters. The molecule has 0 amide bonds. The molecule has 2 heteroatoms. The molecule has 1 nitrogen and oxygen atoms in total. The van der Waals surface area contributed by atoms with Crippen molar-refractivity contribution in [1.82, 2.24) is 0 Å². The van der Waals surface area contributed by atoms with Gasteiger partial charge in [0, 0.05) is 13.0 Å². The van der Waals surface area contributed by atoms with Gasteiger partial charge in [-0.2, -0.15) is 0 Å². The smallest absolute Gasteiger partial charge is 0.0651 e. The van der Waals surface area contributed by atoms with Crippen LogP contribution in [0.5, 0.6) is 0 Å². The van der Waals surface area contributed by atoms with Gasteiger partial charge in [-0.3, -0.25) is 0 Å². The molecule has 0 N–H and O–H groups in total. The van der Waals surface area contributed by atoms with Gasteiger partial charge >= 0.3 is 0 Å². The van der Waals surface area contributed by atoms with Crippen LogP contribution >= 0.6 is 11.6 Å². The lowest BCUT2D eigenvalue weighted by Crippen LogP contribution is -2.33. The van der Waals surface area contributed by atoms with Crippen LogP contribution in [0, 0.1) is 5.92 Å². The fraction of sp³-hybridized carbons (Fsp3) is 1.00. The molecule has 0 aliphatic carbocycles. The minimum atomic E-state index is -0.0295. The van der Waals surface area contributed by atoms with Crippen LogP contribution in [0.3, 0.4) is 0 Å². The fourth-order valence-electron chi connectivity index (χ4n) is 2.31. The summed E-state index contributed by atoms with van der Waals surface area (Å²) >= 11 is 5.89. The molecule has 0 saturated heterocycles. The van der Waals surface area contributed by atoms with Crippen LogP contribution in [-0.4, -0.2) is 18.6 Å². The Bertz CT molecular complexity index is 168. The van der Waals surface area contributed by atoms with Gasteiger partial charge in [-0.15, -0.1) is 11.6 Å². The lowest BCUT2D eigenvalue weighted by Gasteiger charge is -2.33. The van der Waals surface area contributed by atoms with Gasteiger partial charge in [0.25, 0.3) is 0 Å². The van der Waals surface area contributed by atoms with Crippen LogP contribution in [0.1, 0.15) is 72.1 Å². The first-order valence-corrected chi connectivity index (χ1v) is 7.73. The van der Waals surface area contributed by atoms with Crippen LogP contribution in [0.4, 0.5) is 0 Å². The highest BCUT2D eigenvalue weighted by Crippen LogP contribution is 2.29. The van der Waals surface area contributed by atoms with Gasteiger partial charge in [-0.25, -0.2) is 0 Å². The summed E-state index contributed by atoms with van der Waals surface area (Å²) in [5.74, 6) is 1.34. The largest absolute Gasteiger partial charge is 0.379 e. The minimum absolute atomic E-state index is 0.0295.